The molecule has 3 aromatic rings. The summed E-state index contributed by atoms with van der Waals surface area (Å²) in [6.07, 6.45) is 4.82. The van der Waals surface area contributed by atoms with Gasteiger partial charge in [-0.1, -0.05) is 18.2 Å². The van der Waals surface area contributed by atoms with E-state index in [1.165, 1.54) is 11.0 Å². The van der Waals surface area contributed by atoms with Crippen molar-refractivity contribution in [1.82, 2.24) is 9.30 Å². The van der Waals surface area contributed by atoms with Crippen molar-refractivity contribution in [1.29, 1.82) is 5.26 Å². The van der Waals surface area contributed by atoms with E-state index in [0.717, 1.165) is 5.52 Å². The molecule has 0 bridgehead atoms. The van der Waals surface area contributed by atoms with E-state index >= 15 is 0 Å². The SMILES string of the molecule is C=CC(=O)N(C)CCOc1ccc(Cl)c(Oc2cccn3cc(C#N)cc23)c1. The molecule has 1 amide bonds. The van der Waals surface area contributed by atoms with Gasteiger partial charge in [0.05, 0.1) is 22.6 Å². The molecule has 142 valence electrons. The first-order valence-corrected chi connectivity index (χ1v) is 8.88. The number of likely N-dealkylation sites (N-methyl/N-ethyl adjacent to an activating group) is 1. The number of benzene rings is 1. The third-order valence-corrected chi connectivity index (χ3v) is 4.41. The molecule has 0 fully saturated rings. The van der Waals surface area contributed by atoms with E-state index in [4.69, 9.17) is 26.3 Å². The van der Waals surface area contributed by atoms with Crippen LogP contribution < -0.4 is 9.47 Å². The maximum Gasteiger partial charge on any atom is 0.245 e. The summed E-state index contributed by atoms with van der Waals surface area (Å²) >= 11 is 6.27. The van der Waals surface area contributed by atoms with Gasteiger partial charge < -0.3 is 18.8 Å². The summed E-state index contributed by atoms with van der Waals surface area (Å²) in [5, 5.41) is 9.53. The predicted octanol–water partition coefficient (Wildman–Crippen LogP) is 4.28. The van der Waals surface area contributed by atoms with Gasteiger partial charge in [0.2, 0.25) is 5.91 Å². The molecule has 2 heterocycles. The van der Waals surface area contributed by atoms with Gasteiger partial charge in [-0.05, 0) is 36.4 Å². The minimum atomic E-state index is -0.166. The number of hydrogen-bond acceptors (Lipinski definition) is 4. The molecule has 7 heteroatoms. The van der Waals surface area contributed by atoms with E-state index in [1.807, 2.05) is 16.7 Å². The van der Waals surface area contributed by atoms with Gasteiger partial charge in [0, 0.05) is 25.5 Å². The van der Waals surface area contributed by atoms with Crippen LogP contribution in [0.3, 0.4) is 0 Å². The molecule has 0 radical (unpaired) electrons. The Hall–Kier alpha value is -3.43. The number of halogens is 1. The number of carbonyl (C=O) groups is 1. The van der Waals surface area contributed by atoms with Crippen molar-refractivity contribution in [3.8, 4) is 23.3 Å². The zero-order valence-electron chi connectivity index (χ0n) is 15.3. The summed E-state index contributed by atoms with van der Waals surface area (Å²) in [5.41, 5.74) is 1.29. The zero-order valence-corrected chi connectivity index (χ0v) is 16.0. The predicted molar refractivity (Wildman–Crippen MR) is 107 cm³/mol. The van der Waals surface area contributed by atoms with E-state index in [9.17, 15) is 4.79 Å². The fourth-order valence-corrected chi connectivity index (χ4v) is 2.75. The molecule has 0 spiro atoms. The third kappa shape index (κ3) is 4.27. The molecule has 0 N–H and O–H groups in total. The van der Waals surface area contributed by atoms with Crippen LogP contribution >= 0.6 is 11.6 Å². The number of nitrogens with zero attached hydrogens (tertiary/aromatic N) is 3. The maximum absolute atomic E-state index is 11.5. The van der Waals surface area contributed by atoms with E-state index < -0.39 is 0 Å². The lowest BCUT2D eigenvalue weighted by molar-refractivity contribution is -0.125. The van der Waals surface area contributed by atoms with Crippen LogP contribution in [-0.4, -0.2) is 35.4 Å². The first-order chi connectivity index (χ1) is 13.5. The minimum absolute atomic E-state index is 0.166. The van der Waals surface area contributed by atoms with E-state index in [-0.39, 0.29) is 5.91 Å². The minimum Gasteiger partial charge on any atom is -0.492 e. The second kappa shape index (κ2) is 8.51. The number of carbonyl (C=O) groups excluding carboxylic acids is 1. The lowest BCUT2D eigenvalue weighted by atomic mass is 10.3. The van der Waals surface area contributed by atoms with Gasteiger partial charge in [0.25, 0.3) is 0 Å². The lowest BCUT2D eigenvalue weighted by Gasteiger charge is -2.16. The Balaban J connectivity index is 1.75. The fraction of sp³-hybridized carbons (Fsp3) is 0.143. The highest BCUT2D eigenvalue weighted by atomic mass is 35.5. The lowest BCUT2D eigenvalue weighted by Crippen LogP contribution is -2.29. The van der Waals surface area contributed by atoms with Crippen LogP contribution in [0.5, 0.6) is 17.2 Å². The van der Waals surface area contributed by atoms with Gasteiger partial charge in [-0.2, -0.15) is 5.26 Å². The second-order valence-electron chi connectivity index (χ2n) is 6.01. The first kappa shape index (κ1) is 19.3. The highest BCUT2D eigenvalue weighted by Crippen LogP contribution is 2.35. The van der Waals surface area contributed by atoms with Gasteiger partial charge in [0.1, 0.15) is 24.2 Å². The molecule has 6 nitrogen and oxygen atoms in total. The highest BCUT2D eigenvalue weighted by molar-refractivity contribution is 6.32. The normalized spacial score (nSPS) is 10.3. The number of fused-ring (bicyclic) bond motifs is 1. The van der Waals surface area contributed by atoms with Crippen molar-refractivity contribution in [2.75, 3.05) is 20.2 Å². The summed E-state index contributed by atoms with van der Waals surface area (Å²) in [7, 11) is 1.68. The van der Waals surface area contributed by atoms with Gasteiger partial charge in [0.15, 0.2) is 5.75 Å². The van der Waals surface area contributed by atoms with Crippen LogP contribution in [0.25, 0.3) is 5.52 Å². The number of ether oxygens (including phenoxy) is 2. The Bertz CT molecular complexity index is 1070. The second-order valence-corrected chi connectivity index (χ2v) is 6.42. The van der Waals surface area contributed by atoms with Crippen molar-refractivity contribution >= 4 is 23.0 Å². The van der Waals surface area contributed by atoms with Crippen molar-refractivity contribution in [3.05, 3.63) is 72.0 Å². The van der Waals surface area contributed by atoms with Crippen LogP contribution in [-0.2, 0) is 4.79 Å². The molecule has 0 unspecified atom stereocenters. The summed E-state index contributed by atoms with van der Waals surface area (Å²) in [4.78, 5) is 13.0. The van der Waals surface area contributed by atoms with Crippen LogP contribution in [0.15, 0.2) is 61.4 Å². The molecule has 0 atom stereocenters. The zero-order chi connectivity index (χ0) is 20.1. The maximum atomic E-state index is 11.5. The Labute approximate surface area is 167 Å². The van der Waals surface area contributed by atoms with Crippen molar-refractivity contribution in [2.45, 2.75) is 0 Å². The molecule has 0 aliphatic rings. The number of aromatic nitrogens is 1. The Morgan fingerprint density at radius 1 is 1.36 bits per heavy atom. The Morgan fingerprint density at radius 2 is 2.18 bits per heavy atom. The smallest absolute Gasteiger partial charge is 0.245 e. The molecule has 0 aliphatic carbocycles. The van der Waals surface area contributed by atoms with Crippen LogP contribution in [0.4, 0.5) is 0 Å². The molecule has 0 aliphatic heterocycles. The van der Waals surface area contributed by atoms with E-state index in [0.29, 0.717) is 41.0 Å². The van der Waals surface area contributed by atoms with Gasteiger partial charge in [-0.25, -0.2) is 0 Å². The van der Waals surface area contributed by atoms with E-state index in [1.54, 1.807) is 43.6 Å². The first-order valence-electron chi connectivity index (χ1n) is 8.50. The molecular weight excluding hydrogens is 378 g/mol. The van der Waals surface area contributed by atoms with Crippen molar-refractivity contribution in [3.63, 3.8) is 0 Å². The van der Waals surface area contributed by atoms with Gasteiger partial charge >= 0.3 is 0 Å². The number of pyridine rings is 1. The molecule has 1 aromatic carbocycles. The van der Waals surface area contributed by atoms with Crippen molar-refractivity contribution < 1.29 is 14.3 Å². The standard InChI is InChI=1S/C21H18ClN3O3/c1-3-21(26)24(2)9-10-27-16-6-7-17(22)20(12-16)28-19-5-4-8-25-14-15(13-23)11-18(19)25/h3-8,11-12,14H,1,9-10H2,2H3. The highest BCUT2D eigenvalue weighted by Gasteiger charge is 2.11. The van der Waals surface area contributed by atoms with E-state index in [2.05, 4.69) is 12.6 Å². The third-order valence-electron chi connectivity index (χ3n) is 4.09. The number of rotatable bonds is 7. The number of hydrogen-bond donors (Lipinski definition) is 0. The fourth-order valence-electron chi connectivity index (χ4n) is 2.59. The summed E-state index contributed by atoms with van der Waals surface area (Å²) in [5.74, 6) is 1.40. The summed E-state index contributed by atoms with van der Waals surface area (Å²) < 4.78 is 13.5. The molecular formula is C21H18ClN3O3. The van der Waals surface area contributed by atoms with Crippen LogP contribution in [0, 0.1) is 11.3 Å². The Morgan fingerprint density at radius 3 is 2.93 bits per heavy atom. The largest absolute Gasteiger partial charge is 0.492 e. The number of amides is 1. The topological polar surface area (TPSA) is 67.0 Å². The molecule has 3 rings (SSSR count). The van der Waals surface area contributed by atoms with Crippen molar-refractivity contribution in [2.24, 2.45) is 0 Å². The Kier molecular flexibility index (Phi) is 5.87. The van der Waals surface area contributed by atoms with Crippen LogP contribution in [0.1, 0.15) is 5.56 Å². The average molecular weight is 396 g/mol. The summed E-state index contributed by atoms with van der Waals surface area (Å²) in [6.45, 7) is 4.19. The monoisotopic (exact) mass is 395 g/mol. The molecule has 28 heavy (non-hydrogen) atoms. The van der Waals surface area contributed by atoms with Gasteiger partial charge in [-0.15, -0.1) is 0 Å². The average Bonchev–Trinajstić information content (AvgIpc) is 3.14. The van der Waals surface area contributed by atoms with Crippen LogP contribution in [0.2, 0.25) is 5.02 Å². The molecule has 0 saturated heterocycles. The number of nitriles is 1. The van der Waals surface area contributed by atoms with Gasteiger partial charge in [-0.3, -0.25) is 4.79 Å². The summed E-state index contributed by atoms with van der Waals surface area (Å²) in [6, 6.07) is 12.6. The quantitative estimate of drug-likeness (QED) is 0.560. The molecule has 2 aromatic heterocycles. The molecule has 0 saturated carbocycles.